The minimum atomic E-state index is -0.134. The average molecular weight is 215 g/mol. The SMILES string of the molecule is Cn1ccnc1-c1cc2nccc(=O)n2[nH]1. The van der Waals surface area contributed by atoms with Gasteiger partial charge in [-0.2, -0.15) is 0 Å². The normalized spacial score (nSPS) is 11.1. The fraction of sp³-hybridized carbons (Fsp3) is 0.100. The minimum absolute atomic E-state index is 0.134. The van der Waals surface area contributed by atoms with Crippen molar-refractivity contribution in [3.63, 3.8) is 0 Å². The Kier molecular flexibility index (Phi) is 1.70. The Morgan fingerprint density at radius 1 is 1.31 bits per heavy atom. The number of aryl methyl sites for hydroxylation is 1. The van der Waals surface area contributed by atoms with E-state index in [1.165, 1.54) is 16.8 Å². The zero-order chi connectivity index (χ0) is 11.1. The van der Waals surface area contributed by atoms with Crippen molar-refractivity contribution in [3.05, 3.63) is 41.1 Å². The van der Waals surface area contributed by atoms with Gasteiger partial charge in [-0.05, 0) is 0 Å². The lowest BCUT2D eigenvalue weighted by Crippen LogP contribution is -2.12. The van der Waals surface area contributed by atoms with Gasteiger partial charge in [-0.15, -0.1) is 0 Å². The first-order valence-electron chi connectivity index (χ1n) is 4.80. The number of fused-ring (bicyclic) bond motifs is 1. The Labute approximate surface area is 90.2 Å². The molecule has 0 aliphatic carbocycles. The van der Waals surface area contributed by atoms with Gasteiger partial charge in [-0.3, -0.25) is 9.89 Å². The third-order valence-corrected chi connectivity index (χ3v) is 2.44. The molecule has 3 aromatic heterocycles. The van der Waals surface area contributed by atoms with Crippen LogP contribution in [0.1, 0.15) is 0 Å². The van der Waals surface area contributed by atoms with Crippen molar-refractivity contribution in [2.45, 2.75) is 0 Å². The van der Waals surface area contributed by atoms with Gasteiger partial charge in [0.15, 0.2) is 11.5 Å². The van der Waals surface area contributed by atoms with Gasteiger partial charge in [0.05, 0.1) is 0 Å². The van der Waals surface area contributed by atoms with Crippen LogP contribution >= 0.6 is 0 Å². The topological polar surface area (TPSA) is 68.0 Å². The van der Waals surface area contributed by atoms with E-state index in [9.17, 15) is 4.79 Å². The highest BCUT2D eigenvalue weighted by atomic mass is 16.1. The molecule has 80 valence electrons. The molecule has 0 aromatic carbocycles. The second-order valence-corrected chi connectivity index (χ2v) is 3.51. The van der Waals surface area contributed by atoms with E-state index in [2.05, 4.69) is 15.1 Å². The van der Waals surface area contributed by atoms with E-state index >= 15 is 0 Å². The van der Waals surface area contributed by atoms with E-state index in [0.29, 0.717) is 5.65 Å². The van der Waals surface area contributed by atoms with E-state index in [1.54, 1.807) is 12.3 Å². The fourth-order valence-corrected chi connectivity index (χ4v) is 1.66. The summed E-state index contributed by atoms with van der Waals surface area (Å²) in [4.78, 5) is 19.8. The first-order chi connectivity index (χ1) is 7.75. The number of H-pyrrole nitrogens is 1. The van der Waals surface area contributed by atoms with Gasteiger partial charge in [0.25, 0.3) is 5.56 Å². The summed E-state index contributed by atoms with van der Waals surface area (Å²) in [7, 11) is 1.89. The minimum Gasteiger partial charge on any atom is -0.333 e. The van der Waals surface area contributed by atoms with Crippen molar-refractivity contribution < 1.29 is 0 Å². The largest absolute Gasteiger partial charge is 0.333 e. The van der Waals surface area contributed by atoms with E-state index in [-0.39, 0.29) is 5.56 Å². The Balaban J connectivity index is 2.31. The third-order valence-electron chi connectivity index (χ3n) is 2.44. The van der Waals surface area contributed by atoms with Crippen LogP contribution in [-0.4, -0.2) is 24.1 Å². The predicted octanol–water partition coefficient (Wildman–Crippen LogP) is 0.423. The number of nitrogens with one attached hydrogen (secondary N) is 1. The number of imidazole rings is 1. The number of aromatic amines is 1. The molecular formula is C10H9N5O. The summed E-state index contributed by atoms with van der Waals surface area (Å²) in [5.41, 5.74) is 1.22. The first kappa shape index (κ1) is 8.90. The summed E-state index contributed by atoms with van der Waals surface area (Å²) in [5, 5.41) is 2.97. The number of nitrogens with zero attached hydrogens (tertiary/aromatic N) is 4. The molecule has 6 nitrogen and oxygen atoms in total. The molecule has 0 bridgehead atoms. The quantitative estimate of drug-likeness (QED) is 0.639. The molecule has 3 rings (SSSR count). The highest BCUT2D eigenvalue weighted by Gasteiger charge is 2.08. The summed E-state index contributed by atoms with van der Waals surface area (Å²) < 4.78 is 3.26. The zero-order valence-electron chi connectivity index (χ0n) is 8.58. The number of aromatic nitrogens is 5. The van der Waals surface area contributed by atoms with Crippen LogP contribution in [0.2, 0.25) is 0 Å². The molecule has 0 radical (unpaired) electrons. The summed E-state index contributed by atoms with van der Waals surface area (Å²) in [6.07, 6.45) is 5.04. The number of rotatable bonds is 1. The van der Waals surface area contributed by atoms with Crippen LogP contribution in [0.5, 0.6) is 0 Å². The summed E-state index contributed by atoms with van der Waals surface area (Å²) >= 11 is 0. The highest BCUT2D eigenvalue weighted by molar-refractivity contribution is 5.57. The molecule has 0 aliphatic rings. The lowest BCUT2D eigenvalue weighted by molar-refractivity contribution is 0.875. The monoisotopic (exact) mass is 215 g/mol. The van der Waals surface area contributed by atoms with Crippen LogP contribution in [-0.2, 0) is 7.05 Å². The average Bonchev–Trinajstić information content (AvgIpc) is 2.84. The van der Waals surface area contributed by atoms with Gasteiger partial charge >= 0.3 is 0 Å². The highest BCUT2D eigenvalue weighted by Crippen LogP contribution is 2.14. The van der Waals surface area contributed by atoms with Crippen LogP contribution in [0.15, 0.2) is 35.5 Å². The molecule has 0 spiro atoms. The van der Waals surface area contributed by atoms with Crippen molar-refractivity contribution >= 4 is 5.65 Å². The summed E-state index contributed by atoms with van der Waals surface area (Å²) in [6.45, 7) is 0. The van der Waals surface area contributed by atoms with Gasteiger partial charge in [-0.1, -0.05) is 0 Å². The molecule has 0 unspecified atom stereocenters. The molecule has 1 N–H and O–H groups in total. The first-order valence-corrected chi connectivity index (χ1v) is 4.80. The van der Waals surface area contributed by atoms with Crippen LogP contribution in [0.25, 0.3) is 17.2 Å². The van der Waals surface area contributed by atoms with Gasteiger partial charge < -0.3 is 4.57 Å². The zero-order valence-corrected chi connectivity index (χ0v) is 8.58. The van der Waals surface area contributed by atoms with Crippen LogP contribution in [0, 0.1) is 0 Å². The van der Waals surface area contributed by atoms with Crippen LogP contribution in [0.4, 0.5) is 0 Å². The van der Waals surface area contributed by atoms with Gasteiger partial charge in [0.1, 0.15) is 5.69 Å². The van der Waals surface area contributed by atoms with Crippen molar-refractivity contribution in [2.24, 2.45) is 7.05 Å². The smallest absolute Gasteiger partial charge is 0.272 e. The second-order valence-electron chi connectivity index (χ2n) is 3.51. The van der Waals surface area contributed by atoms with Gasteiger partial charge in [0.2, 0.25) is 0 Å². The van der Waals surface area contributed by atoms with E-state index in [1.807, 2.05) is 17.8 Å². The van der Waals surface area contributed by atoms with Crippen LogP contribution < -0.4 is 5.56 Å². The van der Waals surface area contributed by atoms with E-state index in [4.69, 9.17) is 0 Å². The number of hydrogen-bond donors (Lipinski definition) is 1. The summed E-state index contributed by atoms with van der Waals surface area (Å²) in [5.74, 6) is 0.768. The summed E-state index contributed by atoms with van der Waals surface area (Å²) in [6, 6.07) is 3.20. The van der Waals surface area contributed by atoms with E-state index < -0.39 is 0 Å². The maximum absolute atomic E-state index is 11.5. The Bertz CT molecular complexity index is 705. The van der Waals surface area contributed by atoms with Gasteiger partial charge in [0, 0.05) is 37.8 Å². The molecule has 0 amide bonds. The lowest BCUT2D eigenvalue weighted by Gasteiger charge is -1.96. The predicted molar refractivity (Wildman–Crippen MR) is 58.0 cm³/mol. The van der Waals surface area contributed by atoms with Crippen molar-refractivity contribution in [2.75, 3.05) is 0 Å². The molecule has 0 atom stereocenters. The standard InChI is InChI=1S/C10H9N5O/c1-14-5-4-12-10(14)7-6-8-11-3-2-9(16)15(8)13-7/h2-6,13H,1H3. The Morgan fingerprint density at radius 3 is 2.88 bits per heavy atom. The second kappa shape index (κ2) is 3.06. The van der Waals surface area contributed by atoms with Gasteiger partial charge in [-0.25, -0.2) is 14.5 Å². The number of hydrogen-bond acceptors (Lipinski definition) is 3. The Morgan fingerprint density at radius 2 is 2.19 bits per heavy atom. The molecular weight excluding hydrogens is 206 g/mol. The molecule has 0 fully saturated rings. The van der Waals surface area contributed by atoms with Crippen LogP contribution in [0.3, 0.4) is 0 Å². The molecule has 16 heavy (non-hydrogen) atoms. The fourth-order valence-electron chi connectivity index (χ4n) is 1.66. The molecule has 6 heteroatoms. The maximum Gasteiger partial charge on any atom is 0.272 e. The van der Waals surface area contributed by atoms with Crippen molar-refractivity contribution in [1.82, 2.24) is 24.1 Å². The molecule has 3 heterocycles. The van der Waals surface area contributed by atoms with Crippen molar-refractivity contribution in [3.8, 4) is 11.5 Å². The molecule has 0 saturated heterocycles. The molecule has 3 aromatic rings. The Hall–Kier alpha value is -2.37. The molecule has 0 aliphatic heterocycles. The third kappa shape index (κ3) is 1.16. The maximum atomic E-state index is 11.5. The van der Waals surface area contributed by atoms with Crippen molar-refractivity contribution in [1.29, 1.82) is 0 Å². The molecule has 0 saturated carbocycles. The lowest BCUT2D eigenvalue weighted by atomic mass is 10.4. The van der Waals surface area contributed by atoms with E-state index in [0.717, 1.165) is 11.5 Å².